The van der Waals surface area contributed by atoms with Gasteiger partial charge in [0, 0.05) is 27.7 Å². The minimum absolute atomic E-state index is 0.0537. The number of hydrogen-bond acceptors (Lipinski definition) is 2. The van der Waals surface area contributed by atoms with Crippen LogP contribution in [0.3, 0.4) is 0 Å². The topological polar surface area (TPSA) is 42.2 Å². The first-order valence-electron chi connectivity index (χ1n) is 10.9. The Labute approximate surface area is 187 Å². The third-order valence-electron chi connectivity index (χ3n) is 7.54. The van der Waals surface area contributed by atoms with E-state index in [1.165, 1.54) is 38.5 Å². The maximum atomic E-state index is 12.6. The van der Waals surface area contributed by atoms with Gasteiger partial charge in [-0.3, -0.25) is 4.79 Å². The molecule has 5 heteroatoms. The quantitative estimate of drug-likeness (QED) is 0.505. The lowest BCUT2D eigenvalue weighted by Crippen LogP contribution is -2.55. The largest absolute Gasteiger partial charge is 0.457 e. The monoisotopic (exact) mass is 443 g/mol. The van der Waals surface area contributed by atoms with E-state index < -0.39 is 0 Å². The van der Waals surface area contributed by atoms with Crippen molar-refractivity contribution in [1.29, 1.82) is 0 Å². The second kappa shape index (κ2) is 7.76. The van der Waals surface area contributed by atoms with Gasteiger partial charge in [0.05, 0.1) is 0 Å². The number of hydrogen-bond donors (Lipinski definition) is 1. The standard InChI is InChI=1S/C25H27Cl2NO2/c1-15(25-12-16-6-17(13-25)8-18(7-16)14-25)28-24(29)5-3-22-2-4-23(30-22)19-9-20(26)11-21(27)10-19/h2-5,9-11,15-18H,6-8,12-14H2,1H3,(H,28,29)/b5-3+. The highest BCUT2D eigenvalue weighted by atomic mass is 35.5. The van der Waals surface area contributed by atoms with Crippen LogP contribution >= 0.6 is 23.2 Å². The van der Waals surface area contributed by atoms with Crippen molar-refractivity contribution in [3.63, 3.8) is 0 Å². The summed E-state index contributed by atoms with van der Waals surface area (Å²) >= 11 is 12.2. The van der Waals surface area contributed by atoms with Crippen LogP contribution in [0.1, 0.15) is 51.2 Å². The van der Waals surface area contributed by atoms with Crippen LogP contribution in [0.15, 0.2) is 40.8 Å². The Kier molecular flexibility index (Phi) is 5.23. The molecule has 6 rings (SSSR count). The first kappa shape index (κ1) is 20.2. The number of rotatable bonds is 5. The lowest BCUT2D eigenvalue weighted by molar-refractivity contribution is -0.121. The van der Waals surface area contributed by atoms with Crippen LogP contribution in [0.25, 0.3) is 17.4 Å². The van der Waals surface area contributed by atoms with Crippen molar-refractivity contribution in [3.8, 4) is 11.3 Å². The summed E-state index contributed by atoms with van der Waals surface area (Å²) < 4.78 is 5.85. The third kappa shape index (κ3) is 3.94. The van der Waals surface area contributed by atoms with Crippen molar-refractivity contribution in [2.45, 2.75) is 51.5 Å². The Hall–Kier alpha value is -1.71. The maximum absolute atomic E-state index is 12.6. The molecule has 1 atom stereocenters. The van der Waals surface area contributed by atoms with Crippen LogP contribution in [0.4, 0.5) is 0 Å². The zero-order chi connectivity index (χ0) is 20.9. The lowest BCUT2D eigenvalue weighted by Gasteiger charge is -2.59. The molecule has 0 spiro atoms. The molecule has 4 bridgehead atoms. The van der Waals surface area contributed by atoms with E-state index in [-0.39, 0.29) is 11.9 Å². The van der Waals surface area contributed by atoms with E-state index in [2.05, 4.69) is 12.2 Å². The Morgan fingerprint density at radius 1 is 1.07 bits per heavy atom. The molecular weight excluding hydrogens is 417 g/mol. The molecule has 1 aromatic heterocycles. The molecule has 1 aromatic carbocycles. The highest BCUT2D eigenvalue weighted by Gasteiger charge is 2.53. The molecule has 0 saturated heterocycles. The fourth-order valence-corrected chi connectivity index (χ4v) is 7.10. The molecule has 0 aliphatic heterocycles. The summed E-state index contributed by atoms with van der Waals surface area (Å²) in [6.45, 7) is 2.20. The molecule has 2 aromatic rings. The smallest absolute Gasteiger partial charge is 0.244 e. The molecule has 1 N–H and O–H groups in total. The molecule has 4 fully saturated rings. The molecule has 4 aliphatic carbocycles. The summed E-state index contributed by atoms with van der Waals surface area (Å²) in [5.74, 6) is 3.88. The molecule has 0 radical (unpaired) electrons. The van der Waals surface area contributed by atoms with E-state index in [1.54, 1.807) is 30.4 Å². The first-order chi connectivity index (χ1) is 14.4. The van der Waals surface area contributed by atoms with Gasteiger partial charge < -0.3 is 9.73 Å². The van der Waals surface area contributed by atoms with Crippen molar-refractivity contribution in [2.75, 3.05) is 0 Å². The van der Waals surface area contributed by atoms with E-state index in [1.807, 2.05) is 12.1 Å². The summed E-state index contributed by atoms with van der Waals surface area (Å²) in [5.41, 5.74) is 1.12. The SMILES string of the molecule is CC(NC(=O)/C=C/c1ccc(-c2cc(Cl)cc(Cl)c2)o1)C12CC3CC(CC(C3)C1)C2. The highest BCUT2D eigenvalue weighted by Crippen LogP contribution is 2.61. The average molecular weight is 444 g/mol. The van der Waals surface area contributed by atoms with Gasteiger partial charge in [0.15, 0.2) is 0 Å². The second-order valence-corrected chi connectivity index (χ2v) is 10.6. The second-order valence-electron chi connectivity index (χ2n) is 9.70. The summed E-state index contributed by atoms with van der Waals surface area (Å²) in [6, 6.07) is 9.21. The highest BCUT2D eigenvalue weighted by molar-refractivity contribution is 6.35. The molecule has 1 amide bonds. The van der Waals surface area contributed by atoms with Gasteiger partial charge in [-0.25, -0.2) is 0 Å². The molecule has 3 nitrogen and oxygen atoms in total. The van der Waals surface area contributed by atoms with Crippen LogP contribution in [-0.2, 0) is 4.79 Å². The van der Waals surface area contributed by atoms with E-state index >= 15 is 0 Å². The molecular formula is C25H27Cl2NO2. The van der Waals surface area contributed by atoms with Crippen molar-refractivity contribution in [1.82, 2.24) is 5.32 Å². The van der Waals surface area contributed by atoms with Crippen LogP contribution in [-0.4, -0.2) is 11.9 Å². The number of furan rings is 1. The van der Waals surface area contributed by atoms with Gasteiger partial charge in [-0.15, -0.1) is 0 Å². The first-order valence-corrected chi connectivity index (χ1v) is 11.7. The fraction of sp³-hybridized carbons (Fsp3) is 0.480. The van der Waals surface area contributed by atoms with Gasteiger partial charge in [0.25, 0.3) is 0 Å². The maximum Gasteiger partial charge on any atom is 0.244 e. The molecule has 1 unspecified atom stereocenters. The van der Waals surface area contributed by atoms with Crippen LogP contribution < -0.4 is 5.32 Å². The predicted octanol–water partition coefficient (Wildman–Crippen LogP) is 6.99. The fourth-order valence-electron chi connectivity index (χ4n) is 6.57. The minimum Gasteiger partial charge on any atom is -0.457 e. The van der Waals surface area contributed by atoms with Gasteiger partial charge in [0.1, 0.15) is 11.5 Å². The Morgan fingerprint density at radius 2 is 1.67 bits per heavy atom. The van der Waals surface area contributed by atoms with E-state index in [4.69, 9.17) is 27.6 Å². The Morgan fingerprint density at radius 3 is 2.27 bits per heavy atom. The van der Waals surface area contributed by atoms with Crippen LogP contribution in [0, 0.1) is 23.2 Å². The Balaban J connectivity index is 1.23. The van der Waals surface area contributed by atoms with Crippen molar-refractivity contribution < 1.29 is 9.21 Å². The van der Waals surface area contributed by atoms with E-state index in [0.29, 0.717) is 27.0 Å². The number of carbonyl (C=O) groups is 1. The zero-order valence-electron chi connectivity index (χ0n) is 17.2. The Bertz CT molecular complexity index is 937. The molecule has 4 saturated carbocycles. The predicted molar refractivity (Wildman–Crippen MR) is 121 cm³/mol. The third-order valence-corrected chi connectivity index (χ3v) is 7.97. The summed E-state index contributed by atoms with van der Waals surface area (Å²) in [6.07, 6.45) is 11.4. The zero-order valence-corrected chi connectivity index (χ0v) is 18.7. The minimum atomic E-state index is -0.0537. The van der Waals surface area contributed by atoms with Gasteiger partial charge >= 0.3 is 0 Å². The molecule has 4 aliphatic rings. The van der Waals surface area contributed by atoms with Gasteiger partial charge in [-0.1, -0.05) is 23.2 Å². The van der Waals surface area contributed by atoms with Crippen molar-refractivity contribution in [2.24, 2.45) is 23.2 Å². The average Bonchev–Trinajstić information content (AvgIpc) is 3.14. The summed E-state index contributed by atoms with van der Waals surface area (Å²) in [5, 5.41) is 4.38. The van der Waals surface area contributed by atoms with Crippen molar-refractivity contribution in [3.05, 3.63) is 52.2 Å². The summed E-state index contributed by atoms with van der Waals surface area (Å²) in [4.78, 5) is 12.6. The van der Waals surface area contributed by atoms with E-state index in [9.17, 15) is 4.79 Å². The molecule has 158 valence electrons. The number of benzene rings is 1. The normalized spacial score (nSPS) is 30.7. The van der Waals surface area contributed by atoms with Gasteiger partial charge in [-0.05, 0) is 105 Å². The molecule has 1 heterocycles. The summed E-state index contributed by atoms with van der Waals surface area (Å²) in [7, 11) is 0. The van der Waals surface area contributed by atoms with Gasteiger partial charge in [-0.2, -0.15) is 0 Å². The lowest BCUT2D eigenvalue weighted by atomic mass is 9.48. The van der Waals surface area contributed by atoms with Crippen LogP contribution in [0.5, 0.6) is 0 Å². The number of halogens is 2. The van der Waals surface area contributed by atoms with E-state index in [0.717, 1.165) is 23.3 Å². The molecule has 30 heavy (non-hydrogen) atoms. The van der Waals surface area contributed by atoms with Crippen LogP contribution in [0.2, 0.25) is 10.0 Å². The van der Waals surface area contributed by atoms with Crippen molar-refractivity contribution >= 4 is 35.2 Å². The van der Waals surface area contributed by atoms with Gasteiger partial charge in [0.2, 0.25) is 5.91 Å². The number of amides is 1. The number of nitrogens with one attached hydrogen (secondary N) is 1. The number of carbonyl (C=O) groups excluding carboxylic acids is 1.